The third kappa shape index (κ3) is 4.57. The molecule has 2 aliphatic heterocycles. The molecule has 4 heterocycles. The smallest absolute Gasteiger partial charge is 0.135 e. The van der Waals surface area contributed by atoms with E-state index >= 15 is 0 Å². The Labute approximate surface area is 337 Å². The van der Waals surface area contributed by atoms with Crippen LogP contribution in [0, 0.1) is 0 Å². The Morgan fingerprint density at radius 1 is 0.328 bits per heavy atom. The lowest BCUT2D eigenvalue weighted by Crippen LogP contribution is -2.31. The van der Waals surface area contributed by atoms with Gasteiger partial charge in [-0.3, -0.25) is 0 Å². The molecule has 0 bridgehead atoms. The molecular formula is C54H40N2O2. The van der Waals surface area contributed by atoms with Crippen molar-refractivity contribution < 1.29 is 8.83 Å². The van der Waals surface area contributed by atoms with Crippen LogP contribution in [0.3, 0.4) is 0 Å². The maximum absolute atomic E-state index is 6.24. The Balaban J connectivity index is 1.01. The molecule has 0 N–H and O–H groups in total. The molecule has 0 radical (unpaired) electrons. The summed E-state index contributed by atoms with van der Waals surface area (Å²) >= 11 is 0. The van der Waals surface area contributed by atoms with Gasteiger partial charge in [0.25, 0.3) is 0 Å². The van der Waals surface area contributed by atoms with Gasteiger partial charge in [0.15, 0.2) is 0 Å². The number of anilines is 6. The molecule has 0 aliphatic carbocycles. The van der Waals surface area contributed by atoms with Gasteiger partial charge in [-0.15, -0.1) is 0 Å². The van der Waals surface area contributed by atoms with Crippen molar-refractivity contribution >= 4 is 78.0 Å². The van der Waals surface area contributed by atoms with Crippen molar-refractivity contribution in [2.24, 2.45) is 0 Å². The van der Waals surface area contributed by atoms with Crippen LogP contribution in [-0.4, -0.2) is 0 Å². The fourth-order valence-electron chi connectivity index (χ4n) is 10.0. The first-order valence-electron chi connectivity index (χ1n) is 20.2. The van der Waals surface area contributed by atoms with Crippen molar-refractivity contribution in [2.45, 2.75) is 38.5 Å². The van der Waals surface area contributed by atoms with Gasteiger partial charge in [0, 0.05) is 43.7 Å². The highest BCUT2D eigenvalue weighted by Crippen LogP contribution is 2.55. The highest BCUT2D eigenvalue weighted by Gasteiger charge is 2.39. The van der Waals surface area contributed by atoms with E-state index in [9.17, 15) is 0 Å². The molecule has 0 saturated carbocycles. The van der Waals surface area contributed by atoms with Crippen LogP contribution in [0.15, 0.2) is 179 Å². The molecule has 4 nitrogen and oxygen atoms in total. The van der Waals surface area contributed by atoms with Gasteiger partial charge < -0.3 is 18.6 Å². The average Bonchev–Trinajstić information content (AvgIpc) is 3.82. The summed E-state index contributed by atoms with van der Waals surface area (Å²) in [6.45, 7) is 9.46. The predicted molar refractivity (Wildman–Crippen MR) is 240 cm³/mol. The zero-order valence-corrected chi connectivity index (χ0v) is 32.9. The number of rotatable bonds is 3. The molecule has 0 spiro atoms. The Bertz CT molecular complexity index is 3100. The van der Waals surface area contributed by atoms with E-state index in [0.29, 0.717) is 0 Å². The van der Waals surface area contributed by atoms with Gasteiger partial charge >= 0.3 is 0 Å². The number of furan rings is 2. The number of hydrogen-bond donors (Lipinski definition) is 0. The molecule has 2 aromatic heterocycles. The van der Waals surface area contributed by atoms with Gasteiger partial charge in [0.2, 0.25) is 0 Å². The molecule has 10 aromatic rings. The van der Waals surface area contributed by atoms with E-state index < -0.39 is 0 Å². The summed E-state index contributed by atoms with van der Waals surface area (Å²) in [4.78, 5) is 4.87. The standard InChI is InChI=1S/C54H40N2O2/c1-53(2)41-15-7-9-17-45(41)55(35-23-27-51-39(31-35)37-13-5-11-19-49(37)57-51)47-25-21-33(29-43(47)53)34-22-26-48-44(30-34)54(3,4)42-16-8-10-18-46(42)56(48)36-24-28-52-40(32-36)38-14-6-12-20-50(38)58-52/h5-32H,1-4H3. The first-order valence-corrected chi connectivity index (χ1v) is 20.2. The fourth-order valence-corrected chi connectivity index (χ4v) is 10.0. The van der Waals surface area contributed by atoms with E-state index in [-0.39, 0.29) is 10.8 Å². The van der Waals surface area contributed by atoms with Gasteiger partial charge in [-0.05, 0) is 118 Å². The van der Waals surface area contributed by atoms with Crippen molar-refractivity contribution in [3.05, 3.63) is 192 Å². The summed E-state index contributed by atoms with van der Waals surface area (Å²) in [5.41, 5.74) is 17.8. The SMILES string of the molecule is CC1(C)c2ccccc2N(c2ccc3oc4ccccc4c3c2)c2ccc(-c3ccc4c(c3)C(C)(C)c3ccccc3N4c3ccc4oc5ccccc5c4c3)cc21. The minimum atomic E-state index is -0.232. The normalized spacial score (nSPS) is 15.1. The number of fused-ring (bicyclic) bond motifs is 10. The summed E-state index contributed by atoms with van der Waals surface area (Å²) in [6.07, 6.45) is 0. The third-order valence-corrected chi connectivity index (χ3v) is 13.0. The highest BCUT2D eigenvalue weighted by atomic mass is 16.3. The van der Waals surface area contributed by atoms with Crippen LogP contribution in [0.5, 0.6) is 0 Å². The minimum Gasteiger partial charge on any atom is -0.456 e. The average molecular weight is 749 g/mol. The van der Waals surface area contributed by atoms with E-state index in [1.165, 1.54) is 56.1 Å². The molecule has 0 saturated heterocycles. The van der Waals surface area contributed by atoms with Crippen molar-refractivity contribution in [1.29, 1.82) is 0 Å². The van der Waals surface area contributed by atoms with Crippen LogP contribution >= 0.6 is 0 Å². The maximum Gasteiger partial charge on any atom is 0.135 e. The lowest BCUT2D eigenvalue weighted by molar-refractivity contribution is 0.631. The van der Waals surface area contributed by atoms with Crippen LogP contribution in [-0.2, 0) is 10.8 Å². The zero-order chi connectivity index (χ0) is 38.9. The third-order valence-electron chi connectivity index (χ3n) is 13.0. The number of hydrogen-bond acceptors (Lipinski definition) is 4. The largest absolute Gasteiger partial charge is 0.456 e. The van der Waals surface area contributed by atoms with Crippen molar-refractivity contribution in [3.8, 4) is 11.1 Å². The molecule has 8 aromatic carbocycles. The second-order valence-corrected chi connectivity index (χ2v) is 17.0. The first kappa shape index (κ1) is 33.1. The lowest BCUT2D eigenvalue weighted by atomic mass is 9.71. The molecule has 278 valence electrons. The van der Waals surface area contributed by atoms with Gasteiger partial charge in [0.05, 0.1) is 22.7 Å². The van der Waals surface area contributed by atoms with Crippen LogP contribution in [0.1, 0.15) is 49.9 Å². The summed E-state index contributed by atoms with van der Waals surface area (Å²) in [6, 6.07) is 61.7. The van der Waals surface area contributed by atoms with E-state index in [2.05, 4.69) is 183 Å². The van der Waals surface area contributed by atoms with E-state index in [1.807, 2.05) is 24.3 Å². The molecule has 58 heavy (non-hydrogen) atoms. The fraction of sp³-hybridized carbons (Fsp3) is 0.111. The van der Waals surface area contributed by atoms with E-state index in [4.69, 9.17) is 8.83 Å². The Hall–Kier alpha value is -7.04. The zero-order valence-electron chi connectivity index (χ0n) is 32.9. The van der Waals surface area contributed by atoms with Crippen molar-refractivity contribution in [3.63, 3.8) is 0 Å². The quantitative estimate of drug-likeness (QED) is 0.180. The Morgan fingerprint density at radius 2 is 0.707 bits per heavy atom. The molecule has 0 atom stereocenters. The molecule has 12 rings (SSSR count). The summed E-state index contributed by atoms with van der Waals surface area (Å²) in [5, 5.41) is 4.51. The van der Waals surface area contributed by atoms with Crippen LogP contribution in [0.25, 0.3) is 55.0 Å². The van der Waals surface area contributed by atoms with Gasteiger partial charge in [0.1, 0.15) is 22.3 Å². The predicted octanol–water partition coefficient (Wildman–Crippen LogP) is 15.4. The number of nitrogens with zero attached hydrogens (tertiary/aromatic N) is 2. The van der Waals surface area contributed by atoms with Gasteiger partial charge in [-0.25, -0.2) is 0 Å². The Morgan fingerprint density at radius 3 is 1.17 bits per heavy atom. The topological polar surface area (TPSA) is 32.8 Å². The first-order chi connectivity index (χ1) is 28.3. The number of para-hydroxylation sites is 4. The van der Waals surface area contributed by atoms with Crippen LogP contribution in [0.4, 0.5) is 34.1 Å². The molecule has 2 aliphatic rings. The second-order valence-electron chi connectivity index (χ2n) is 17.0. The minimum absolute atomic E-state index is 0.232. The van der Waals surface area contributed by atoms with E-state index in [0.717, 1.165) is 55.3 Å². The Kier molecular flexibility index (Phi) is 6.71. The molecule has 0 unspecified atom stereocenters. The maximum atomic E-state index is 6.24. The van der Waals surface area contributed by atoms with Gasteiger partial charge in [-0.1, -0.05) is 113 Å². The molecule has 0 amide bonds. The molecule has 0 fully saturated rings. The lowest BCUT2D eigenvalue weighted by Gasteiger charge is -2.43. The number of benzene rings is 8. The second kappa shape index (κ2) is 11.7. The monoisotopic (exact) mass is 748 g/mol. The van der Waals surface area contributed by atoms with E-state index in [1.54, 1.807) is 0 Å². The van der Waals surface area contributed by atoms with Crippen LogP contribution in [0.2, 0.25) is 0 Å². The molecule has 4 heteroatoms. The summed E-state index contributed by atoms with van der Waals surface area (Å²) in [7, 11) is 0. The summed E-state index contributed by atoms with van der Waals surface area (Å²) in [5.74, 6) is 0. The highest BCUT2D eigenvalue weighted by molar-refractivity contribution is 6.08. The van der Waals surface area contributed by atoms with Crippen molar-refractivity contribution in [2.75, 3.05) is 9.80 Å². The molecular weight excluding hydrogens is 709 g/mol. The summed E-state index contributed by atoms with van der Waals surface area (Å²) < 4.78 is 12.5. The van der Waals surface area contributed by atoms with Crippen LogP contribution < -0.4 is 9.80 Å². The van der Waals surface area contributed by atoms with Gasteiger partial charge in [-0.2, -0.15) is 0 Å². The van der Waals surface area contributed by atoms with Crippen molar-refractivity contribution in [1.82, 2.24) is 0 Å².